The Morgan fingerprint density at radius 1 is 0.350 bits per heavy atom. The number of fused-ring (bicyclic) bond motifs is 4. The monoisotopic (exact) mass is 984 g/mol. The van der Waals surface area contributed by atoms with Crippen LogP contribution in [0.15, 0.2) is 72.8 Å². The molecule has 0 amide bonds. The predicted molar refractivity (Wildman–Crippen MR) is 176 cm³/mol. The van der Waals surface area contributed by atoms with Crippen LogP contribution in [0.25, 0.3) is 0 Å². The van der Waals surface area contributed by atoms with Gasteiger partial charge in [0.2, 0.25) is 0 Å². The van der Waals surface area contributed by atoms with E-state index in [-0.39, 0.29) is 45.3 Å². The molecule has 0 spiro atoms. The van der Waals surface area contributed by atoms with E-state index in [2.05, 4.69) is 0 Å². The van der Waals surface area contributed by atoms with Crippen LogP contribution < -0.4 is 18.9 Å². The van der Waals surface area contributed by atoms with Crippen molar-refractivity contribution >= 4 is 114 Å². The number of halogens is 4. The third kappa shape index (κ3) is 6.43. The first-order valence-corrected chi connectivity index (χ1v) is 15.5. The lowest BCUT2D eigenvalue weighted by atomic mass is 10.1. The largest absolute Gasteiger partial charge is 0.422 e. The summed E-state index contributed by atoms with van der Waals surface area (Å²) in [4.78, 5) is 53.4. The third-order valence-corrected chi connectivity index (χ3v) is 8.14. The fraction of sp³-hybridized carbons (Fsp3) is 0. The molecule has 4 aromatic rings. The van der Waals surface area contributed by atoms with E-state index < -0.39 is 23.9 Å². The molecule has 0 aromatic heterocycles. The summed E-state index contributed by atoms with van der Waals surface area (Å²) < 4.78 is 25.2. The van der Waals surface area contributed by atoms with Crippen molar-refractivity contribution in [1.82, 2.24) is 0 Å². The van der Waals surface area contributed by atoms with Crippen molar-refractivity contribution in [3.05, 3.63) is 109 Å². The van der Waals surface area contributed by atoms with Crippen LogP contribution in [-0.4, -0.2) is 23.9 Å². The predicted octanol–water partition coefficient (Wildman–Crippen LogP) is 7.30. The average Bonchev–Trinajstić information content (AvgIpc) is 2.91. The molecule has 8 nitrogen and oxygen atoms in total. The van der Waals surface area contributed by atoms with E-state index >= 15 is 0 Å². The van der Waals surface area contributed by atoms with Crippen molar-refractivity contribution < 1.29 is 38.1 Å². The number of benzene rings is 4. The van der Waals surface area contributed by atoms with Gasteiger partial charge in [0, 0.05) is 14.3 Å². The van der Waals surface area contributed by atoms with Crippen LogP contribution in [0.4, 0.5) is 0 Å². The highest BCUT2D eigenvalue weighted by Gasteiger charge is 2.27. The lowest BCUT2D eigenvalue weighted by Crippen LogP contribution is -2.20. The molecular weight excluding hydrogens is 972 g/mol. The molecule has 1 aliphatic heterocycles. The highest BCUT2D eigenvalue weighted by atomic mass is 127. The van der Waals surface area contributed by atoms with E-state index in [1.54, 1.807) is 24.3 Å². The molecule has 0 bridgehead atoms. The Bertz CT molecular complexity index is 1480. The summed E-state index contributed by atoms with van der Waals surface area (Å²) in [5.74, 6) is -3.72. The number of ether oxygens (including phenoxy) is 4. The van der Waals surface area contributed by atoms with Crippen molar-refractivity contribution in [3.8, 4) is 23.0 Å². The van der Waals surface area contributed by atoms with Gasteiger partial charge in [-0.25, -0.2) is 19.2 Å². The summed E-state index contributed by atoms with van der Waals surface area (Å²) in [7, 11) is 0. The molecule has 40 heavy (non-hydrogen) atoms. The Kier molecular flexibility index (Phi) is 8.95. The summed E-state index contributed by atoms with van der Waals surface area (Å²) >= 11 is 8.04. The molecule has 0 saturated heterocycles. The second-order valence-electron chi connectivity index (χ2n) is 8.12. The number of carbonyl (C=O) groups is 4. The van der Waals surface area contributed by atoms with Crippen LogP contribution in [0, 0.1) is 14.3 Å². The zero-order valence-corrected chi connectivity index (χ0v) is 28.3. The molecule has 0 atom stereocenters. The molecule has 0 aliphatic carbocycles. The highest BCUT2D eigenvalue weighted by molar-refractivity contribution is 14.1. The van der Waals surface area contributed by atoms with Crippen LogP contribution >= 0.6 is 90.4 Å². The molecule has 0 unspecified atom stereocenters. The summed E-state index contributed by atoms with van der Waals surface area (Å²) in [5, 5.41) is 0. The maximum Gasteiger partial charge on any atom is 0.347 e. The lowest BCUT2D eigenvalue weighted by molar-refractivity contribution is 0.0687. The first-order valence-electron chi connectivity index (χ1n) is 11.2. The van der Waals surface area contributed by atoms with Gasteiger partial charge in [0.1, 0.15) is 45.3 Å². The minimum atomic E-state index is -0.854. The second kappa shape index (κ2) is 12.3. The molecular formula is C28H12I4O8. The Morgan fingerprint density at radius 2 is 0.550 bits per heavy atom. The fourth-order valence-electron chi connectivity index (χ4n) is 3.62. The Labute approximate surface area is 281 Å². The van der Waals surface area contributed by atoms with Gasteiger partial charge in [-0.15, -0.1) is 0 Å². The van der Waals surface area contributed by atoms with Crippen LogP contribution in [0.1, 0.15) is 41.4 Å². The van der Waals surface area contributed by atoms with Crippen molar-refractivity contribution in [2.75, 3.05) is 0 Å². The first-order chi connectivity index (χ1) is 19.1. The van der Waals surface area contributed by atoms with E-state index in [0.29, 0.717) is 14.3 Å². The fourth-order valence-corrected chi connectivity index (χ4v) is 5.59. The lowest BCUT2D eigenvalue weighted by Gasteiger charge is -2.16. The molecule has 4 aromatic carbocycles. The maximum atomic E-state index is 13.3. The van der Waals surface area contributed by atoms with Crippen molar-refractivity contribution in [2.45, 2.75) is 0 Å². The van der Waals surface area contributed by atoms with Gasteiger partial charge < -0.3 is 18.9 Å². The summed E-state index contributed by atoms with van der Waals surface area (Å²) in [6.45, 7) is 0. The quantitative estimate of drug-likeness (QED) is 0.103. The topological polar surface area (TPSA) is 105 Å². The summed E-state index contributed by atoms with van der Waals surface area (Å²) in [6.07, 6.45) is 0. The summed E-state index contributed by atoms with van der Waals surface area (Å²) in [6, 6.07) is 18.4. The van der Waals surface area contributed by atoms with Gasteiger partial charge in [-0.3, -0.25) is 0 Å². The smallest absolute Gasteiger partial charge is 0.347 e. The van der Waals surface area contributed by atoms with Crippen LogP contribution in [-0.2, 0) is 0 Å². The van der Waals surface area contributed by atoms with Crippen molar-refractivity contribution in [3.63, 3.8) is 0 Å². The second-order valence-corrected chi connectivity index (χ2v) is 13.1. The van der Waals surface area contributed by atoms with E-state index in [1.165, 1.54) is 48.5 Å². The van der Waals surface area contributed by atoms with Crippen LogP contribution in [0.3, 0.4) is 0 Å². The number of esters is 4. The normalized spacial score (nSPS) is 13.5. The molecule has 1 aliphatic rings. The van der Waals surface area contributed by atoms with Gasteiger partial charge in [0.15, 0.2) is 0 Å². The molecule has 0 radical (unpaired) electrons. The van der Waals surface area contributed by atoms with E-state index in [1.807, 2.05) is 90.4 Å². The minimum absolute atomic E-state index is 0.0469. The number of hydrogen-bond donors (Lipinski definition) is 0. The standard InChI is InChI=1S/C28H12I4O8/c29-13-1-5-21-17(9-13)25(33)38-23-7-3-15(31)11-19(23)27(35)40-24-8-4-16(32)12-20(24)28(36)39-22-6-2-14(30)10-18(22)26(34)37-21/h1-12H. The summed E-state index contributed by atoms with van der Waals surface area (Å²) in [5.41, 5.74) is -0.188. The molecule has 12 heteroatoms. The maximum absolute atomic E-state index is 13.3. The van der Waals surface area contributed by atoms with Crippen molar-refractivity contribution in [1.29, 1.82) is 0 Å². The molecule has 0 N–H and O–H groups in total. The Morgan fingerprint density at radius 3 is 0.750 bits per heavy atom. The molecule has 0 saturated carbocycles. The third-order valence-electron chi connectivity index (χ3n) is 5.46. The number of rotatable bonds is 0. The van der Waals surface area contributed by atoms with Crippen LogP contribution in [0.5, 0.6) is 23.0 Å². The van der Waals surface area contributed by atoms with E-state index in [0.717, 1.165) is 0 Å². The molecule has 5 rings (SSSR count). The van der Waals surface area contributed by atoms with Crippen LogP contribution in [0.2, 0.25) is 0 Å². The van der Waals surface area contributed by atoms with Gasteiger partial charge in [-0.1, -0.05) is 0 Å². The zero-order valence-electron chi connectivity index (χ0n) is 19.7. The average molecular weight is 984 g/mol. The molecule has 1 heterocycles. The zero-order chi connectivity index (χ0) is 28.6. The van der Waals surface area contributed by atoms with Crippen molar-refractivity contribution in [2.24, 2.45) is 0 Å². The Balaban J connectivity index is 1.70. The first kappa shape index (κ1) is 29.2. The van der Waals surface area contributed by atoms with Gasteiger partial charge in [0.05, 0.1) is 0 Å². The van der Waals surface area contributed by atoms with Gasteiger partial charge in [-0.2, -0.15) is 0 Å². The van der Waals surface area contributed by atoms with Gasteiger partial charge in [-0.05, 0) is 163 Å². The van der Waals surface area contributed by atoms with E-state index in [9.17, 15) is 19.2 Å². The SMILES string of the molecule is O=C1Oc2ccc(I)cc2C(=O)Oc2ccc(I)cc2C(=O)Oc2ccc(I)cc2C(=O)Oc2ccc(I)cc21. The number of hydrogen-bond acceptors (Lipinski definition) is 8. The minimum Gasteiger partial charge on any atom is -0.422 e. The Hall–Kier alpha value is -2.32. The molecule has 200 valence electrons. The highest BCUT2D eigenvalue weighted by Crippen LogP contribution is 2.32. The van der Waals surface area contributed by atoms with Gasteiger partial charge >= 0.3 is 23.9 Å². The molecule has 0 fully saturated rings. The number of carbonyl (C=O) groups excluding carboxylic acids is 4. The van der Waals surface area contributed by atoms with Gasteiger partial charge in [0.25, 0.3) is 0 Å². The van der Waals surface area contributed by atoms with E-state index in [4.69, 9.17) is 18.9 Å².